The van der Waals surface area contributed by atoms with Crippen molar-refractivity contribution in [1.29, 1.82) is 0 Å². The fourth-order valence-electron chi connectivity index (χ4n) is 2.26. The molecule has 0 atom stereocenters. The maximum Gasteiger partial charge on any atom is 0.281 e. The molecule has 24 heavy (non-hydrogen) atoms. The summed E-state index contributed by atoms with van der Waals surface area (Å²) in [6, 6.07) is 12.1. The van der Waals surface area contributed by atoms with E-state index in [0.717, 1.165) is 18.2 Å². The largest absolute Gasteiger partial charge is 0.872 e. The van der Waals surface area contributed by atoms with Crippen molar-refractivity contribution in [2.75, 3.05) is 4.90 Å². The average Bonchev–Trinajstić information content (AvgIpc) is 2.84. The topological polar surface area (TPSA) is 98.5 Å². The Labute approximate surface area is 142 Å². The van der Waals surface area contributed by atoms with Gasteiger partial charge < -0.3 is 10.4 Å². The van der Waals surface area contributed by atoms with Gasteiger partial charge >= 0.3 is 0 Å². The number of rotatable bonds is 3. The fraction of sp³-hybridized carbons (Fsp3) is 0. The van der Waals surface area contributed by atoms with E-state index < -0.39 is 16.6 Å². The summed E-state index contributed by atoms with van der Waals surface area (Å²) >= 11 is 5.16. The number of nitrogens with one attached hydrogen (secondary N) is 1. The molecule has 1 heterocycles. The first-order chi connectivity index (χ1) is 11.5. The van der Waals surface area contributed by atoms with Crippen LogP contribution in [0.25, 0.3) is 6.08 Å². The molecule has 8 heteroatoms. The Bertz CT molecular complexity index is 880. The lowest BCUT2D eigenvalue weighted by Crippen LogP contribution is -2.30. The summed E-state index contributed by atoms with van der Waals surface area (Å²) in [5.41, 5.74) is 0.485. The molecule has 1 amide bonds. The van der Waals surface area contributed by atoms with Gasteiger partial charge in [0.25, 0.3) is 11.6 Å². The van der Waals surface area contributed by atoms with Crippen molar-refractivity contribution >= 4 is 40.7 Å². The summed E-state index contributed by atoms with van der Waals surface area (Å²) in [6.07, 6.45) is 1.27. The Morgan fingerprint density at radius 2 is 1.88 bits per heavy atom. The molecule has 0 spiro atoms. The Morgan fingerprint density at radius 1 is 1.17 bits per heavy atom. The van der Waals surface area contributed by atoms with Gasteiger partial charge in [-0.3, -0.25) is 19.8 Å². The van der Waals surface area contributed by atoms with Crippen molar-refractivity contribution < 1.29 is 14.8 Å². The lowest BCUT2D eigenvalue weighted by atomic mass is 10.1. The summed E-state index contributed by atoms with van der Waals surface area (Å²) in [4.78, 5) is 24.0. The first-order valence-corrected chi connectivity index (χ1v) is 7.26. The van der Waals surface area contributed by atoms with E-state index in [1.165, 1.54) is 11.0 Å². The second-order valence-corrected chi connectivity index (χ2v) is 5.33. The maximum absolute atomic E-state index is 12.5. The van der Waals surface area contributed by atoms with Gasteiger partial charge in [0.2, 0.25) is 0 Å². The number of para-hydroxylation sites is 1. The van der Waals surface area contributed by atoms with Crippen LogP contribution in [0.2, 0.25) is 0 Å². The SMILES string of the molecule is O=C1/C(=C/c2cc([N+](=O)[O-])ccc2[O-])NC(=S)N1c1ccccc1. The Hall–Kier alpha value is -3.26. The minimum absolute atomic E-state index is 0.0396. The van der Waals surface area contributed by atoms with E-state index >= 15 is 0 Å². The molecule has 0 unspecified atom stereocenters. The van der Waals surface area contributed by atoms with Gasteiger partial charge in [0.1, 0.15) is 5.70 Å². The van der Waals surface area contributed by atoms with Crippen LogP contribution in [0, 0.1) is 10.1 Å². The Morgan fingerprint density at radius 3 is 2.54 bits per heavy atom. The number of amides is 1. The summed E-state index contributed by atoms with van der Waals surface area (Å²) in [5.74, 6) is -0.858. The van der Waals surface area contributed by atoms with E-state index in [1.54, 1.807) is 24.3 Å². The van der Waals surface area contributed by atoms with Gasteiger partial charge in [-0.15, -0.1) is 5.75 Å². The molecule has 7 nitrogen and oxygen atoms in total. The summed E-state index contributed by atoms with van der Waals surface area (Å²) in [6.45, 7) is 0. The van der Waals surface area contributed by atoms with E-state index in [0.29, 0.717) is 5.69 Å². The number of nitro groups is 1. The van der Waals surface area contributed by atoms with E-state index in [2.05, 4.69) is 5.32 Å². The van der Waals surface area contributed by atoms with Gasteiger partial charge in [0, 0.05) is 12.1 Å². The van der Waals surface area contributed by atoms with Crippen LogP contribution in [0.1, 0.15) is 5.56 Å². The van der Waals surface area contributed by atoms with Crippen LogP contribution in [0.5, 0.6) is 5.75 Å². The smallest absolute Gasteiger partial charge is 0.281 e. The van der Waals surface area contributed by atoms with Gasteiger partial charge in [-0.1, -0.05) is 24.3 Å². The molecule has 0 aliphatic carbocycles. The highest BCUT2D eigenvalue weighted by Gasteiger charge is 2.31. The molecule has 0 bridgehead atoms. The molecule has 0 aromatic heterocycles. The second-order valence-electron chi connectivity index (χ2n) is 4.94. The standard InChI is InChI=1S/C16H11N3O4S/c20-14-7-6-12(19(22)23)8-10(14)9-13-15(21)18(16(24)17-13)11-4-2-1-3-5-11/h1-9,20H,(H,17,24)/p-1/b13-9-. The molecule has 1 fully saturated rings. The number of benzene rings is 2. The zero-order valence-electron chi connectivity index (χ0n) is 12.1. The van der Waals surface area contributed by atoms with Gasteiger partial charge in [0.15, 0.2) is 5.11 Å². The van der Waals surface area contributed by atoms with Gasteiger partial charge in [-0.2, -0.15) is 0 Å². The number of anilines is 1. The van der Waals surface area contributed by atoms with E-state index in [-0.39, 0.29) is 22.1 Å². The van der Waals surface area contributed by atoms with Crippen LogP contribution >= 0.6 is 12.2 Å². The maximum atomic E-state index is 12.5. The normalized spacial score (nSPS) is 15.7. The lowest BCUT2D eigenvalue weighted by molar-refractivity contribution is -0.385. The molecule has 120 valence electrons. The minimum atomic E-state index is -0.605. The molecular weight excluding hydrogens is 330 g/mol. The van der Waals surface area contributed by atoms with E-state index in [1.807, 2.05) is 6.07 Å². The third-order valence-electron chi connectivity index (χ3n) is 3.40. The molecule has 1 N–H and O–H groups in total. The highest BCUT2D eigenvalue weighted by atomic mass is 32.1. The number of nitro benzene ring substituents is 1. The number of nitrogens with zero attached hydrogens (tertiary/aromatic N) is 2. The first-order valence-electron chi connectivity index (χ1n) is 6.85. The predicted octanol–water partition coefficient (Wildman–Crippen LogP) is 1.93. The first kappa shape index (κ1) is 15.6. The zero-order valence-corrected chi connectivity index (χ0v) is 12.9. The van der Waals surface area contributed by atoms with Crippen LogP contribution in [0.4, 0.5) is 11.4 Å². The molecule has 1 aliphatic heterocycles. The van der Waals surface area contributed by atoms with E-state index in [9.17, 15) is 20.0 Å². The Balaban J connectivity index is 1.98. The van der Waals surface area contributed by atoms with Crippen molar-refractivity contribution in [3.8, 4) is 5.75 Å². The monoisotopic (exact) mass is 340 g/mol. The molecule has 1 saturated heterocycles. The third kappa shape index (κ3) is 2.82. The van der Waals surface area contributed by atoms with Crippen LogP contribution in [0.15, 0.2) is 54.2 Å². The number of thiocarbonyl (C=S) groups is 1. The molecular formula is C16H10N3O4S-. The quantitative estimate of drug-likeness (QED) is 0.397. The van der Waals surface area contributed by atoms with Crippen LogP contribution in [-0.4, -0.2) is 15.9 Å². The van der Waals surface area contributed by atoms with Gasteiger partial charge in [0.05, 0.1) is 10.6 Å². The highest BCUT2D eigenvalue weighted by molar-refractivity contribution is 7.80. The lowest BCUT2D eigenvalue weighted by Gasteiger charge is -2.13. The molecule has 2 aromatic rings. The molecule has 0 saturated carbocycles. The summed E-state index contributed by atoms with van der Waals surface area (Å²) in [5, 5.41) is 25.6. The summed E-state index contributed by atoms with van der Waals surface area (Å²) < 4.78 is 0. The number of hydrogen-bond acceptors (Lipinski definition) is 5. The second kappa shape index (κ2) is 6.09. The fourth-order valence-corrected chi connectivity index (χ4v) is 2.56. The summed E-state index contributed by atoms with van der Waals surface area (Å²) in [7, 11) is 0. The van der Waals surface area contributed by atoms with Crippen molar-refractivity contribution in [3.05, 3.63) is 69.9 Å². The average molecular weight is 340 g/mol. The molecule has 1 aliphatic rings. The Kier molecular flexibility index (Phi) is 3.97. The number of carbonyl (C=O) groups excluding carboxylic acids is 1. The van der Waals surface area contributed by atoms with Crippen molar-refractivity contribution in [2.45, 2.75) is 0 Å². The zero-order chi connectivity index (χ0) is 17.3. The molecule has 2 aromatic carbocycles. The highest BCUT2D eigenvalue weighted by Crippen LogP contribution is 2.26. The predicted molar refractivity (Wildman–Crippen MR) is 90.2 cm³/mol. The van der Waals surface area contributed by atoms with Crippen molar-refractivity contribution in [3.63, 3.8) is 0 Å². The van der Waals surface area contributed by atoms with Crippen molar-refractivity contribution in [1.82, 2.24) is 5.32 Å². The van der Waals surface area contributed by atoms with Crippen LogP contribution in [0.3, 0.4) is 0 Å². The number of carbonyl (C=O) groups is 1. The third-order valence-corrected chi connectivity index (χ3v) is 3.68. The van der Waals surface area contributed by atoms with Crippen LogP contribution < -0.4 is 15.3 Å². The molecule has 3 rings (SSSR count). The van der Waals surface area contributed by atoms with E-state index in [4.69, 9.17) is 12.2 Å². The number of non-ortho nitro benzene ring substituents is 1. The van der Waals surface area contributed by atoms with Gasteiger partial charge in [-0.05, 0) is 36.0 Å². The number of hydrogen-bond donors (Lipinski definition) is 1. The van der Waals surface area contributed by atoms with Crippen molar-refractivity contribution in [2.24, 2.45) is 0 Å². The minimum Gasteiger partial charge on any atom is -0.872 e. The van der Waals surface area contributed by atoms with Crippen LogP contribution in [-0.2, 0) is 4.79 Å². The molecule has 0 radical (unpaired) electrons. The van der Waals surface area contributed by atoms with Gasteiger partial charge in [-0.25, -0.2) is 0 Å².